The van der Waals surface area contributed by atoms with Crippen molar-refractivity contribution in [1.82, 2.24) is 9.80 Å². The van der Waals surface area contributed by atoms with Crippen LogP contribution in [0.15, 0.2) is 77.3 Å². The molecular formula is C24H19BrN2O3. The molecule has 4 rings (SSSR count). The summed E-state index contributed by atoms with van der Waals surface area (Å²) in [5.74, 6) is -0.667. The van der Waals surface area contributed by atoms with Gasteiger partial charge in [0, 0.05) is 23.6 Å². The molecule has 150 valence electrons. The molecular weight excluding hydrogens is 444 g/mol. The smallest absolute Gasteiger partial charge is 0.261 e. The van der Waals surface area contributed by atoms with Gasteiger partial charge in [0.2, 0.25) is 0 Å². The first-order chi connectivity index (χ1) is 14.4. The van der Waals surface area contributed by atoms with Crippen molar-refractivity contribution in [2.45, 2.75) is 13.1 Å². The zero-order chi connectivity index (χ0) is 21.3. The van der Waals surface area contributed by atoms with Crippen molar-refractivity contribution in [2.24, 2.45) is 0 Å². The molecule has 0 aromatic heterocycles. The summed E-state index contributed by atoms with van der Waals surface area (Å²) in [7, 11) is 1.76. The number of rotatable bonds is 5. The van der Waals surface area contributed by atoms with E-state index in [-0.39, 0.29) is 24.3 Å². The fourth-order valence-electron chi connectivity index (χ4n) is 3.47. The second-order valence-corrected chi connectivity index (χ2v) is 8.14. The molecule has 0 aliphatic carbocycles. The lowest BCUT2D eigenvalue weighted by atomic mass is 10.1. The van der Waals surface area contributed by atoms with Crippen LogP contribution in [0.4, 0.5) is 0 Å². The van der Waals surface area contributed by atoms with Gasteiger partial charge in [-0.15, -0.1) is 0 Å². The molecule has 0 fully saturated rings. The number of imide groups is 1. The number of carbonyl (C=O) groups excluding carboxylic acids is 3. The van der Waals surface area contributed by atoms with Gasteiger partial charge in [-0.1, -0.05) is 52.3 Å². The normalized spacial score (nSPS) is 12.8. The van der Waals surface area contributed by atoms with Crippen LogP contribution in [0, 0.1) is 0 Å². The van der Waals surface area contributed by atoms with Gasteiger partial charge in [-0.3, -0.25) is 19.3 Å². The molecule has 3 aromatic rings. The van der Waals surface area contributed by atoms with E-state index in [1.165, 1.54) is 4.90 Å². The molecule has 6 heteroatoms. The summed E-state index contributed by atoms with van der Waals surface area (Å²) >= 11 is 3.41. The van der Waals surface area contributed by atoms with Gasteiger partial charge in [-0.2, -0.15) is 0 Å². The maximum absolute atomic E-state index is 12.7. The lowest BCUT2D eigenvalue weighted by Gasteiger charge is -2.18. The van der Waals surface area contributed by atoms with E-state index in [2.05, 4.69) is 15.9 Å². The van der Waals surface area contributed by atoms with E-state index in [0.29, 0.717) is 23.2 Å². The van der Waals surface area contributed by atoms with Crippen molar-refractivity contribution in [2.75, 3.05) is 7.05 Å². The molecule has 0 atom stereocenters. The molecule has 1 heterocycles. The number of hydrogen-bond acceptors (Lipinski definition) is 3. The fourth-order valence-corrected chi connectivity index (χ4v) is 3.74. The highest BCUT2D eigenvalue weighted by atomic mass is 79.9. The molecule has 0 saturated carbocycles. The zero-order valence-corrected chi connectivity index (χ0v) is 17.9. The average Bonchev–Trinajstić information content (AvgIpc) is 3.00. The molecule has 0 N–H and O–H groups in total. The molecule has 0 spiro atoms. The molecule has 30 heavy (non-hydrogen) atoms. The highest BCUT2D eigenvalue weighted by Crippen LogP contribution is 2.24. The Bertz CT molecular complexity index is 1090. The summed E-state index contributed by atoms with van der Waals surface area (Å²) in [5, 5.41) is 0. The van der Waals surface area contributed by atoms with Crippen LogP contribution in [0.2, 0.25) is 0 Å². The zero-order valence-electron chi connectivity index (χ0n) is 16.3. The number of nitrogens with zero attached hydrogens (tertiary/aromatic N) is 2. The van der Waals surface area contributed by atoms with Crippen LogP contribution in [0.1, 0.15) is 42.2 Å². The van der Waals surface area contributed by atoms with Crippen molar-refractivity contribution in [3.8, 4) is 0 Å². The SMILES string of the molecule is CN(Cc1ccc(Br)cc1)C(=O)c1ccc(CN2C(=O)c3ccccc3C2=O)cc1. The van der Waals surface area contributed by atoms with Crippen LogP contribution in [-0.2, 0) is 13.1 Å². The number of halogens is 1. The van der Waals surface area contributed by atoms with E-state index >= 15 is 0 Å². The molecule has 5 nitrogen and oxygen atoms in total. The maximum atomic E-state index is 12.7. The Morgan fingerprint density at radius 2 is 1.37 bits per heavy atom. The number of carbonyl (C=O) groups is 3. The van der Waals surface area contributed by atoms with Crippen molar-refractivity contribution in [3.63, 3.8) is 0 Å². The van der Waals surface area contributed by atoms with Crippen LogP contribution in [0.5, 0.6) is 0 Å². The van der Waals surface area contributed by atoms with Crippen LogP contribution in [0.25, 0.3) is 0 Å². The Morgan fingerprint density at radius 3 is 1.93 bits per heavy atom. The predicted molar refractivity (Wildman–Crippen MR) is 117 cm³/mol. The quantitative estimate of drug-likeness (QED) is 0.523. The standard InChI is InChI=1S/C24H19BrN2O3/c1-26(14-16-8-12-19(25)13-9-16)22(28)18-10-6-17(7-11-18)15-27-23(29)20-4-2-3-5-21(20)24(27)30/h2-13H,14-15H2,1H3. The number of benzene rings is 3. The summed E-state index contributed by atoms with van der Waals surface area (Å²) in [5.41, 5.74) is 3.25. The number of hydrogen-bond donors (Lipinski definition) is 0. The highest BCUT2D eigenvalue weighted by Gasteiger charge is 2.34. The third kappa shape index (κ3) is 3.91. The van der Waals surface area contributed by atoms with E-state index in [9.17, 15) is 14.4 Å². The lowest BCUT2D eigenvalue weighted by molar-refractivity contribution is 0.0641. The topological polar surface area (TPSA) is 57.7 Å². The first-order valence-corrected chi connectivity index (χ1v) is 10.3. The Labute approximate surface area is 183 Å². The van der Waals surface area contributed by atoms with Crippen LogP contribution in [-0.4, -0.2) is 34.6 Å². The minimum atomic E-state index is -0.287. The minimum absolute atomic E-state index is 0.0924. The van der Waals surface area contributed by atoms with E-state index in [1.807, 2.05) is 24.3 Å². The van der Waals surface area contributed by atoms with Gasteiger partial charge in [0.05, 0.1) is 17.7 Å². The van der Waals surface area contributed by atoms with Gasteiger partial charge < -0.3 is 4.90 Å². The lowest BCUT2D eigenvalue weighted by Crippen LogP contribution is -2.29. The summed E-state index contributed by atoms with van der Waals surface area (Å²) in [4.78, 5) is 40.6. The van der Waals surface area contributed by atoms with Gasteiger partial charge in [0.25, 0.3) is 17.7 Å². The van der Waals surface area contributed by atoms with Gasteiger partial charge >= 0.3 is 0 Å². The Kier molecular flexibility index (Phi) is 5.50. The third-order valence-corrected chi connectivity index (χ3v) is 5.63. The molecule has 3 aromatic carbocycles. The van der Waals surface area contributed by atoms with Gasteiger partial charge in [-0.05, 0) is 47.5 Å². The van der Waals surface area contributed by atoms with E-state index in [4.69, 9.17) is 0 Å². The molecule has 1 aliphatic rings. The van der Waals surface area contributed by atoms with Crippen molar-refractivity contribution in [3.05, 3.63) is 105 Å². The monoisotopic (exact) mass is 462 g/mol. The molecule has 1 aliphatic heterocycles. The molecule has 0 unspecified atom stereocenters. The summed E-state index contributed by atoms with van der Waals surface area (Å²) in [6, 6.07) is 21.7. The first-order valence-electron chi connectivity index (χ1n) is 9.48. The fraction of sp³-hybridized carbons (Fsp3) is 0.125. The maximum Gasteiger partial charge on any atom is 0.261 e. The van der Waals surface area contributed by atoms with Crippen molar-refractivity contribution in [1.29, 1.82) is 0 Å². The predicted octanol–water partition coefficient (Wildman–Crippen LogP) is 4.52. The number of amides is 3. The molecule has 0 bridgehead atoms. The molecule has 0 saturated heterocycles. The van der Waals surface area contributed by atoms with Crippen molar-refractivity contribution >= 4 is 33.7 Å². The van der Waals surface area contributed by atoms with Gasteiger partial charge in [0.15, 0.2) is 0 Å². The highest BCUT2D eigenvalue weighted by molar-refractivity contribution is 9.10. The summed E-state index contributed by atoms with van der Waals surface area (Å²) in [6.07, 6.45) is 0. The minimum Gasteiger partial charge on any atom is -0.337 e. The molecule has 3 amide bonds. The Morgan fingerprint density at radius 1 is 0.833 bits per heavy atom. The molecule has 0 radical (unpaired) electrons. The van der Waals surface area contributed by atoms with E-state index < -0.39 is 0 Å². The third-order valence-electron chi connectivity index (χ3n) is 5.10. The number of fused-ring (bicyclic) bond motifs is 1. The Balaban J connectivity index is 1.43. The second kappa shape index (κ2) is 8.24. The summed E-state index contributed by atoms with van der Waals surface area (Å²) < 4.78 is 0.994. The van der Waals surface area contributed by atoms with E-state index in [0.717, 1.165) is 15.6 Å². The Hall–Kier alpha value is -3.25. The van der Waals surface area contributed by atoms with Gasteiger partial charge in [-0.25, -0.2) is 0 Å². The largest absolute Gasteiger partial charge is 0.337 e. The van der Waals surface area contributed by atoms with Crippen LogP contribution < -0.4 is 0 Å². The van der Waals surface area contributed by atoms with Crippen LogP contribution in [0.3, 0.4) is 0 Å². The average molecular weight is 463 g/mol. The summed E-state index contributed by atoms with van der Waals surface area (Å²) in [6.45, 7) is 0.679. The van der Waals surface area contributed by atoms with Crippen molar-refractivity contribution < 1.29 is 14.4 Å². The van der Waals surface area contributed by atoms with Gasteiger partial charge in [0.1, 0.15) is 0 Å². The first kappa shape index (κ1) is 20.0. The second-order valence-electron chi connectivity index (χ2n) is 7.23. The van der Waals surface area contributed by atoms with Crippen LogP contribution >= 0.6 is 15.9 Å². The van der Waals surface area contributed by atoms with E-state index in [1.54, 1.807) is 60.5 Å².